The summed E-state index contributed by atoms with van der Waals surface area (Å²) in [5.74, 6) is -1.06. The summed E-state index contributed by atoms with van der Waals surface area (Å²) >= 11 is 5.32. The van der Waals surface area contributed by atoms with Crippen LogP contribution in [0, 0.1) is 0 Å². The van der Waals surface area contributed by atoms with Gasteiger partial charge in [-0.25, -0.2) is 4.79 Å². The molecule has 1 saturated heterocycles. The highest BCUT2D eigenvalue weighted by molar-refractivity contribution is 7.80. The van der Waals surface area contributed by atoms with E-state index < -0.39 is 5.97 Å². The van der Waals surface area contributed by atoms with Gasteiger partial charge in [-0.3, -0.25) is 9.69 Å². The number of benzene rings is 1. The second kappa shape index (κ2) is 6.50. The smallest absolute Gasteiger partial charge is 0.335 e. The fourth-order valence-electron chi connectivity index (χ4n) is 3.11. The van der Waals surface area contributed by atoms with Crippen molar-refractivity contribution < 1.29 is 14.7 Å². The van der Waals surface area contributed by atoms with E-state index in [9.17, 15) is 9.59 Å². The van der Waals surface area contributed by atoms with Crippen LogP contribution in [-0.2, 0) is 4.79 Å². The van der Waals surface area contributed by atoms with E-state index in [4.69, 9.17) is 17.3 Å². The lowest BCUT2D eigenvalue weighted by Gasteiger charge is -2.29. The Morgan fingerprint density at radius 1 is 1.22 bits per heavy atom. The predicted octanol–water partition coefficient (Wildman–Crippen LogP) is 2.78. The van der Waals surface area contributed by atoms with Gasteiger partial charge in [0.1, 0.15) is 5.70 Å². The summed E-state index contributed by atoms with van der Waals surface area (Å²) in [6.45, 7) is 0. The van der Waals surface area contributed by atoms with Crippen LogP contribution in [0.15, 0.2) is 30.0 Å². The summed E-state index contributed by atoms with van der Waals surface area (Å²) in [6, 6.07) is 6.59. The van der Waals surface area contributed by atoms with Crippen LogP contribution in [0.1, 0.15) is 48.0 Å². The van der Waals surface area contributed by atoms with E-state index in [1.54, 1.807) is 23.1 Å². The Morgan fingerprint density at radius 2 is 1.87 bits per heavy atom. The van der Waals surface area contributed by atoms with Gasteiger partial charge in [0.25, 0.3) is 5.91 Å². The summed E-state index contributed by atoms with van der Waals surface area (Å²) in [5.41, 5.74) is 1.43. The molecule has 1 aromatic carbocycles. The molecule has 0 unspecified atom stereocenters. The van der Waals surface area contributed by atoms with Crippen molar-refractivity contribution in [3.8, 4) is 0 Å². The Morgan fingerprint density at radius 3 is 2.48 bits per heavy atom. The van der Waals surface area contributed by atoms with Crippen LogP contribution in [0.5, 0.6) is 0 Å². The molecule has 2 fully saturated rings. The number of aromatic carboxylic acids is 1. The molecular weight excluding hydrogens is 312 g/mol. The van der Waals surface area contributed by atoms with E-state index in [1.165, 1.54) is 18.6 Å². The molecule has 2 aliphatic rings. The average molecular weight is 330 g/mol. The van der Waals surface area contributed by atoms with Crippen molar-refractivity contribution in [2.24, 2.45) is 0 Å². The van der Waals surface area contributed by atoms with Crippen molar-refractivity contribution in [3.63, 3.8) is 0 Å². The largest absolute Gasteiger partial charge is 0.478 e. The first-order valence-electron chi connectivity index (χ1n) is 7.76. The van der Waals surface area contributed by atoms with Crippen molar-refractivity contribution in [2.75, 3.05) is 0 Å². The van der Waals surface area contributed by atoms with E-state index in [1.807, 2.05) is 0 Å². The second-order valence-corrected chi connectivity index (χ2v) is 6.27. The number of thiocarbonyl (C=S) groups is 1. The number of hydrogen-bond acceptors (Lipinski definition) is 3. The maximum Gasteiger partial charge on any atom is 0.335 e. The topological polar surface area (TPSA) is 69.6 Å². The molecule has 1 heterocycles. The minimum Gasteiger partial charge on any atom is -0.478 e. The number of rotatable bonds is 3. The number of hydrogen-bond donors (Lipinski definition) is 2. The third kappa shape index (κ3) is 3.27. The fraction of sp³-hybridized carbons (Fsp3) is 0.353. The summed E-state index contributed by atoms with van der Waals surface area (Å²) in [5, 5.41) is 12.4. The number of nitrogens with one attached hydrogen (secondary N) is 1. The average Bonchev–Trinajstić information content (AvgIpc) is 2.82. The molecule has 0 atom stereocenters. The molecule has 0 aromatic heterocycles. The molecule has 1 aromatic rings. The first-order chi connectivity index (χ1) is 11.1. The number of carboxylic acids is 1. The van der Waals surface area contributed by atoms with Gasteiger partial charge in [0, 0.05) is 6.04 Å². The number of carboxylic acid groups (broad SMARTS) is 1. The highest BCUT2D eigenvalue weighted by atomic mass is 32.1. The van der Waals surface area contributed by atoms with E-state index in [2.05, 4.69) is 5.32 Å². The Balaban J connectivity index is 1.79. The molecular formula is C17H18N2O3S. The van der Waals surface area contributed by atoms with Gasteiger partial charge >= 0.3 is 5.97 Å². The monoisotopic (exact) mass is 330 g/mol. The molecule has 0 bridgehead atoms. The zero-order chi connectivity index (χ0) is 16.4. The van der Waals surface area contributed by atoms with Gasteiger partial charge in [0.05, 0.1) is 5.56 Å². The molecule has 0 spiro atoms. The molecule has 6 heteroatoms. The molecule has 1 aliphatic heterocycles. The first-order valence-corrected chi connectivity index (χ1v) is 8.16. The van der Waals surface area contributed by atoms with Crippen molar-refractivity contribution in [1.82, 2.24) is 10.2 Å². The second-order valence-electron chi connectivity index (χ2n) is 5.88. The maximum atomic E-state index is 12.6. The quantitative estimate of drug-likeness (QED) is 0.659. The van der Waals surface area contributed by atoms with Crippen LogP contribution in [0.25, 0.3) is 6.08 Å². The molecule has 120 valence electrons. The van der Waals surface area contributed by atoms with Gasteiger partial charge in [0.2, 0.25) is 0 Å². The molecule has 5 nitrogen and oxygen atoms in total. The van der Waals surface area contributed by atoms with Crippen LogP contribution in [-0.4, -0.2) is 33.0 Å². The third-order valence-electron chi connectivity index (χ3n) is 4.32. The lowest BCUT2D eigenvalue weighted by molar-refractivity contribution is -0.124. The van der Waals surface area contributed by atoms with Crippen molar-refractivity contribution in [2.45, 2.75) is 38.1 Å². The van der Waals surface area contributed by atoms with Crippen molar-refractivity contribution in [3.05, 3.63) is 41.1 Å². The van der Waals surface area contributed by atoms with Gasteiger partial charge < -0.3 is 10.4 Å². The Kier molecular flexibility index (Phi) is 4.43. The summed E-state index contributed by atoms with van der Waals surface area (Å²) in [6.07, 6.45) is 7.18. The number of carbonyl (C=O) groups is 2. The van der Waals surface area contributed by atoms with Crippen LogP contribution in [0.2, 0.25) is 0 Å². The van der Waals surface area contributed by atoms with Crippen LogP contribution >= 0.6 is 12.2 Å². The lowest BCUT2D eigenvalue weighted by Crippen LogP contribution is -2.41. The van der Waals surface area contributed by atoms with E-state index in [0.717, 1.165) is 31.2 Å². The molecule has 3 rings (SSSR count). The van der Waals surface area contributed by atoms with Crippen LogP contribution in [0.4, 0.5) is 0 Å². The Labute approximate surface area is 140 Å². The SMILES string of the molecule is O=C(O)c1ccc(/C=C2\NC(=S)N(C3CCCCC3)C2=O)cc1. The van der Waals surface area contributed by atoms with E-state index in [-0.39, 0.29) is 17.5 Å². The Bertz CT molecular complexity index is 676. The zero-order valence-corrected chi connectivity index (χ0v) is 13.4. The third-order valence-corrected chi connectivity index (χ3v) is 4.62. The van der Waals surface area contributed by atoms with Gasteiger partial charge in [-0.1, -0.05) is 31.4 Å². The number of nitrogens with zero attached hydrogens (tertiary/aromatic N) is 1. The maximum absolute atomic E-state index is 12.6. The number of carbonyl (C=O) groups excluding carboxylic acids is 1. The molecule has 23 heavy (non-hydrogen) atoms. The van der Waals surface area contributed by atoms with Gasteiger partial charge in [-0.15, -0.1) is 0 Å². The lowest BCUT2D eigenvalue weighted by atomic mass is 9.94. The van der Waals surface area contributed by atoms with Crippen molar-refractivity contribution in [1.29, 1.82) is 0 Å². The van der Waals surface area contributed by atoms with E-state index in [0.29, 0.717) is 10.8 Å². The van der Waals surface area contributed by atoms with Gasteiger partial charge in [0.15, 0.2) is 5.11 Å². The van der Waals surface area contributed by atoms with Crippen LogP contribution in [0.3, 0.4) is 0 Å². The molecule has 0 radical (unpaired) electrons. The first kappa shape index (κ1) is 15.7. The predicted molar refractivity (Wildman–Crippen MR) is 90.8 cm³/mol. The zero-order valence-electron chi connectivity index (χ0n) is 12.6. The van der Waals surface area contributed by atoms with Gasteiger partial charge in [-0.05, 0) is 48.8 Å². The molecule has 1 amide bonds. The fourth-order valence-corrected chi connectivity index (χ4v) is 3.45. The summed E-state index contributed by atoms with van der Waals surface area (Å²) < 4.78 is 0. The standard InChI is InChI=1S/C17H18N2O3S/c20-15-14(10-11-6-8-12(9-7-11)16(21)22)18-17(23)19(15)13-4-2-1-3-5-13/h6-10,13H,1-5H2,(H,18,23)(H,21,22)/b14-10-. The summed E-state index contributed by atoms with van der Waals surface area (Å²) in [4.78, 5) is 25.2. The Hall–Kier alpha value is -2.21. The number of amides is 1. The normalized spacial score (nSPS) is 20.9. The minimum atomic E-state index is -0.969. The molecule has 1 saturated carbocycles. The van der Waals surface area contributed by atoms with E-state index >= 15 is 0 Å². The molecule has 1 aliphatic carbocycles. The van der Waals surface area contributed by atoms with Crippen molar-refractivity contribution >= 4 is 35.3 Å². The van der Waals surface area contributed by atoms with Crippen LogP contribution < -0.4 is 5.32 Å². The minimum absolute atomic E-state index is 0.0933. The van der Waals surface area contributed by atoms with Gasteiger partial charge in [-0.2, -0.15) is 0 Å². The summed E-state index contributed by atoms with van der Waals surface area (Å²) in [7, 11) is 0. The highest BCUT2D eigenvalue weighted by Crippen LogP contribution is 2.26. The highest BCUT2D eigenvalue weighted by Gasteiger charge is 2.36. The molecule has 2 N–H and O–H groups in total.